The van der Waals surface area contributed by atoms with E-state index in [1.165, 1.54) is 13.1 Å². The first-order valence-corrected chi connectivity index (χ1v) is 11.8. The summed E-state index contributed by atoms with van der Waals surface area (Å²) in [7, 11) is 0. The van der Waals surface area contributed by atoms with Crippen molar-refractivity contribution in [2.75, 3.05) is 0 Å². The van der Waals surface area contributed by atoms with Gasteiger partial charge in [-0.05, 0) is 64.5 Å². The number of rotatable bonds is 4. The monoisotopic (exact) mass is 569 g/mol. The van der Waals surface area contributed by atoms with Gasteiger partial charge in [0.05, 0.1) is 21.6 Å². The Hall–Kier alpha value is -3.46. The van der Waals surface area contributed by atoms with Gasteiger partial charge in [-0.1, -0.05) is 35.3 Å². The van der Waals surface area contributed by atoms with E-state index in [1.807, 2.05) is 0 Å². The lowest BCUT2D eigenvalue weighted by Crippen LogP contribution is -2.20. The number of furan rings is 1. The first-order chi connectivity index (χ1) is 16.8. The Morgan fingerprint density at radius 1 is 1.11 bits per heavy atom. The summed E-state index contributed by atoms with van der Waals surface area (Å²) in [6, 6.07) is 17.0. The molecular weight excluding hydrogens is 557 g/mol. The Balaban J connectivity index is 1.73. The number of benzene rings is 3. The van der Waals surface area contributed by atoms with Crippen LogP contribution in [-0.4, -0.2) is 21.8 Å². The molecule has 0 saturated heterocycles. The molecule has 0 atom stereocenters. The SMILES string of the molecule is CC(=O)Oc1c(Br)cc(Cl)cc1C=Nn1c(-c2cc3cc(Cl)ccc3o2)nc2ccccc2c1=O. The quantitative estimate of drug-likeness (QED) is 0.136. The lowest BCUT2D eigenvalue weighted by molar-refractivity contribution is -0.131. The predicted octanol–water partition coefficient (Wildman–Crippen LogP) is 6.69. The van der Waals surface area contributed by atoms with Gasteiger partial charge in [-0.3, -0.25) is 9.59 Å². The van der Waals surface area contributed by atoms with E-state index in [1.54, 1.807) is 60.7 Å². The van der Waals surface area contributed by atoms with Crippen LogP contribution in [0.1, 0.15) is 12.5 Å². The summed E-state index contributed by atoms with van der Waals surface area (Å²) in [5.41, 5.74) is 1.04. The minimum absolute atomic E-state index is 0.187. The van der Waals surface area contributed by atoms with Crippen LogP contribution in [0, 0.1) is 0 Å². The molecule has 2 aromatic heterocycles. The van der Waals surface area contributed by atoms with E-state index < -0.39 is 11.5 Å². The smallest absolute Gasteiger partial charge is 0.308 e. The summed E-state index contributed by atoms with van der Waals surface area (Å²) < 4.78 is 12.9. The van der Waals surface area contributed by atoms with E-state index in [4.69, 9.17) is 32.4 Å². The van der Waals surface area contributed by atoms with E-state index in [0.29, 0.717) is 42.3 Å². The number of hydrogen-bond acceptors (Lipinski definition) is 6. The average Bonchev–Trinajstić information content (AvgIpc) is 3.23. The summed E-state index contributed by atoms with van der Waals surface area (Å²) in [6.45, 7) is 1.28. The van der Waals surface area contributed by atoms with Crippen molar-refractivity contribution in [3.05, 3.63) is 91.1 Å². The third kappa shape index (κ3) is 4.60. The second-order valence-electron chi connectivity index (χ2n) is 7.51. The molecule has 0 radical (unpaired) electrons. The van der Waals surface area contributed by atoms with Crippen LogP contribution in [0.4, 0.5) is 0 Å². The van der Waals surface area contributed by atoms with Crippen molar-refractivity contribution in [3.63, 3.8) is 0 Å². The van der Waals surface area contributed by atoms with Gasteiger partial charge in [0.2, 0.25) is 5.82 Å². The molecule has 0 amide bonds. The highest BCUT2D eigenvalue weighted by atomic mass is 79.9. The molecule has 7 nitrogen and oxygen atoms in total. The number of ether oxygens (including phenoxy) is 1. The summed E-state index contributed by atoms with van der Waals surface area (Å²) >= 11 is 15.7. The molecule has 174 valence electrons. The molecule has 0 saturated carbocycles. The first kappa shape index (κ1) is 23.3. The fraction of sp³-hybridized carbons (Fsp3) is 0.0400. The Bertz CT molecular complexity index is 1730. The molecular formula is C25H14BrCl2N3O4. The van der Waals surface area contributed by atoms with E-state index in [9.17, 15) is 9.59 Å². The number of para-hydroxylation sites is 1. The summed E-state index contributed by atoms with van der Waals surface area (Å²) in [6.07, 6.45) is 1.37. The van der Waals surface area contributed by atoms with E-state index >= 15 is 0 Å². The summed E-state index contributed by atoms with van der Waals surface area (Å²) in [5.74, 6) is 0.211. The summed E-state index contributed by atoms with van der Waals surface area (Å²) in [5, 5.41) is 6.46. The Labute approximate surface area is 216 Å². The fourth-order valence-corrected chi connectivity index (χ4v) is 4.66. The van der Waals surface area contributed by atoms with Crippen molar-refractivity contribution in [2.24, 2.45) is 5.10 Å². The number of hydrogen-bond donors (Lipinski definition) is 0. The molecule has 0 bridgehead atoms. The maximum atomic E-state index is 13.4. The molecule has 0 spiro atoms. The maximum Gasteiger partial charge on any atom is 0.308 e. The zero-order valence-electron chi connectivity index (χ0n) is 18.0. The standard InChI is InChI=1S/C25H14BrCl2N3O4/c1-13(32)34-23-15(9-17(28)11-19(23)26)12-29-31-24(30-20-5-3-2-4-18(20)25(31)33)22-10-14-8-16(27)6-7-21(14)35-22/h2-12H,1H3. The largest absolute Gasteiger partial charge is 0.453 e. The maximum absolute atomic E-state index is 13.4. The number of carbonyl (C=O) groups excluding carboxylic acids is 1. The van der Waals surface area contributed by atoms with Gasteiger partial charge < -0.3 is 9.15 Å². The van der Waals surface area contributed by atoms with Crippen LogP contribution in [0.2, 0.25) is 10.0 Å². The number of esters is 1. The van der Waals surface area contributed by atoms with Gasteiger partial charge in [-0.15, -0.1) is 0 Å². The van der Waals surface area contributed by atoms with Crippen LogP contribution in [0.15, 0.2) is 79.4 Å². The van der Waals surface area contributed by atoms with Gasteiger partial charge in [-0.25, -0.2) is 4.98 Å². The first-order valence-electron chi connectivity index (χ1n) is 10.2. The van der Waals surface area contributed by atoms with Gasteiger partial charge in [0.25, 0.3) is 5.56 Å². The van der Waals surface area contributed by atoms with Crippen molar-refractivity contribution < 1.29 is 13.9 Å². The minimum atomic E-state index is -0.520. The molecule has 3 aromatic carbocycles. The van der Waals surface area contributed by atoms with Crippen molar-refractivity contribution in [3.8, 4) is 17.3 Å². The normalized spacial score (nSPS) is 11.5. The second-order valence-corrected chi connectivity index (χ2v) is 9.23. The molecule has 0 aliphatic carbocycles. The third-order valence-corrected chi connectivity index (χ3v) is 6.09. The minimum Gasteiger partial charge on any atom is -0.453 e. The Kier molecular flexibility index (Phi) is 6.19. The molecule has 10 heteroatoms. The summed E-state index contributed by atoms with van der Waals surface area (Å²) in [4.78, 5) is 29.7. The lowest BCUT2D eigenvalue weighted by Gasteiger charge is -2.10. The van der Waals surface area contributed by atoms with E-state index in [-0.39, 0.29) is 11.6 Å². The van der Waals surface area contributed by atoms with Gasteiger partial charge >= 0.3 is 5.97 Å². The zero-order chi connectivity index (χ0) is 24.7. The van der Waals surface area contributed by atoms with Crippen molar-refractivity contribution >= 4 is 73.2 Å². The highest BCUT2D eigenvalue weighted by molar-refractivity contribution is 9.10. The molecule has 0 fully saturated rings. The molecule has 0 N–H and O–H groups in total. The molecule has 35 heavy (non-hydrogen) atoms. The van der Waals surface area contributed by atoms with Crippen LogP contribution >= 0.6 is 39.1 Å². The number of fused-ring (bicyclic) bond motifs is 2. The highest BCUT2D eigenvalue weighted by Crippen LogP contribution is 2.33. The topological polar surface area (TPSA) is 86.7 Å². The zero-order valence-corrected chi connectivity index (χ0v) is 21.1. The number of nitrogens with zero attached hydrogens (tertiary/aromatic N) is 3. The molecule has 2 heterocycles. The van der Waals surface area contributed by atoms with Crippen molar-refractivity contribution in [1.29, 1.82) is 0 Å². The second kappa shape index (κ2) is 9.30. The third-order valence-electron chi connectivity index (χ3n) is 5.05. The van der Waals surface area contributed by atoms with E-state index in [0.717, 1.165) is 10.1 Å². The predicted molar refractivity (Wildman–Crippen MR) is 140 cm³/mol. The van der Waals surface area contributed by atoms with E-state index in [2.05, 4.69) is 26.0 Å². The molecule has 0 aliphatic rings. The van der Waals surface area contributed by atoms with Crippen LogP contribution < -0.4 is 10.3 Å². The fourth-order valence-electron chi connectivity index (χ4n) is 3.56. The lowest BCUT2D eigenvalue weighted by atomic mass is 10.2. The number of carbonyl (C=O) groups is 1. The molecule has 0 aliphatic heterocycles. The Morgan fingerprint density at radius 2 is 1.91 bits per heavy atom. The van der Waals surface area contributed by atoms with Crippen LogP contribution in [-0.2, 0) is 4.79 Å². The molecule has 0 unspecified atom stereocenters. The highest BCUT2D eigenvalue weighted by Gasteiger charge is 2.17. The van der Waals surface area contributed by atoms with Crippen LogP contribution in [0.25, 0.3) is 33.5 Å². The number of aromatic nitrogens is 2. The van der Waals surface area contributed by atoms with Gasteiger partial charge in [0.15, 0.2) is 11.5 Å². The number of halogens is 3. The Morgan fingerprint density at radius 3 is 2.71 bits per heavy atom. The van der Waals surface area contributed by atoms with Crippen molar-refractivity contribution in [2.45, 2.75) is 6.92 Å². The average molecular weight is 571 g/mol. The van der Waals surface area contributed by atoms with Crippen molar-refractivity contribution in [1.82, 2.24) is 9.66 Å². The molecule has 5 rings (SSSR count). The molecule has 5 aromatic rings. The van der Waals surface area contributed by atoms with Gasteiger partial charge in [0, 0.05) is 27.9 Å². The van der Waals surface area contributed by atoms with Crippen LogP contribution in [0.3, 0.4) is 0 Å². The van der Waals surface area contributed by atoms with Gasteiger partial charge in [-0.2, -0.15) is 9.78 Å². The van der Waals surface area contributed by atoms with Gasteiger partial charge in [0.1, 0.15) is 5.58 Å². The van der Waals surface area contributed by atoms with Crippen LogP contribution in [0.5, 0.6) is 5.75 Å².